The van der Waals surface area contributed by atoms with E-state index in [1.54, 1.807) is 24.3 Å². The number of aryl methyl sites for hydroxylation is 1. The fourth-order valence-electron chi connectivity index (χ4n) is 3.14. The van der Waals surface area contributed by atoms with Crippen molar-refractivity contribution in [2.45, 2.75) is 6.92 Å². The predicted octanol–water partition coefficient (Wildman–Crippen LogP) is 5.18. The molecule has 0 atom stereocenters. The first-order valence-corrected chi connectivity index (χ1v) is 9.30. The molecule has 4 rings (SSSR count). The molecule has 1 heterocycles. The molecule has 0 saturated heterocycles. The van der Waals surface area contributed by atoms with Gasteiger partial charge in [-0.05, 0) is 61.0 Å². The molecule has 0 unspecified atom stereocenters. The number of hydrogen-bond donors (Lipinski definition) is 1. The lowest BCUT2D eigenvalue weighted by Gasteiger charge is -2.15. The van der Waals surface area contributed by atoms with Crippen molar-refractivity contribution >= 4 is 40.4 Å². The third kappa shape index (κ3) is 3.65. The number of amides is 2. The number of halogens is 2. The molecule has 2 amide bonds. The molecule has 1 aliphatic heterocycles. The molecule has 1 aliphatic rings. The van der Waals surface area contributed by atoms with Gasteiger partial charge in [0, 0.05) is 10.7 Å². The first-order valence-electron chi connectivity index (χ1n) is 8.92. The summed E-state index contributed by atoms with van der Waals surface area (Å²) in [6.07, 6.45) is 0. The molecule has 0 aliphatic carbocycles. The maximum absolute atomic E-state index is 13.3. The average Bonchev–Trinajstić information content (AvgIpc) is 2.95. The van der Waals surface area contributed by atoms with Gasteiger partial charge in [-0.15, -0.1) is 0 Å². The largest absolute Gasteiger partial charge is 0.350 e. The first-order chi connectivity index (χ1) is 13.9. The highest BCUT2D eigenvalue weighted by Crippen LogP contribution is 2.34. The molecule has 0 spiro atoms. The summed E-state index contributed by atoms with van der Waals surface area (Å²) in [7, 11) is 0. The molecule has 0 saturated carbocycles. The maximum Gasteiger partial charge on any atom is 0.282 e. The Labute approximate surface area is 172 Å². The van der Waals surface area contributed by atoms with E-state index in [2.05, 4.69) is 5.32 Å². The van der Waals surface area contributed by atoms with Crippen LogP contribution in [0.4, 0.5) is 15.8 Å². The van der Waals surface area contributed by atoms with Gasteiger partial charge in [-0.2, -0.15) is 0 Å². The number of rotatable bonds is 4. The van der Waals surface area contributed by atoms with Gasteiger partial charge in [-0.25, -0.2) is 9.29 Å². The smallest absolute Gasteiger partial charge is 0.282 e. The van der Waals surface area contributed by atoms with Crippen molar-refractivity contribution in [3.63, 3.8) is 0 Å². The molecule has 6 heteroatoms. The molecule has 1 N–H and O–H groups in total. The quantitative estimate of drug-likeness (QED) is 0.607. The average molecular weight is 407 g/mol. The van der Waals surface area contributed by atoms with Gasteiger partial charge < -0.3 is 5.32 Å². The van der Waals surface area contributed by atoms with Crippen molar-refractivity contribution < 1.29 is 14.0 Å². The Hall–Kier alpha value is -3.44. The van der Waals surface area contributed by atoms with Crippen LogP contribution in [0.3, 0.4) is 0 Å². The number of benzene rings is 3. The fraction of sp³-hybridized carbons (Fsp3) is 0.0435. The van der Waals surface area contributed by atoms with Crippen LogP contribution in [-0.2, 0) is 9.59 Å². The zero-order chi connectivity index (χ0) is 20.5. The second kappa shape index (κ2) is 7.53. The third-order valence-corrected chi connectivity index (χ3v) is 4.87. The highest BCUT2D eigenvalue weighted by Gasteiger charge is 2.40. The second-order valence-corrected chi connectivity index (χ2v) is 7.11. The zero-order valence-electron chi connectivity index (χ0n) is 15.4. The van der Waals surface area contributed by atoms with E-state index in [1.807, 2.05) is 31.2 Å². The summed E-state index contributed by atoms with van der Waals surface area (Å²) >= 11 is 5.97. The summed E-state index contributed by atoms with van der Waals surface area (Å²) in [4.78, 5) is 27.5. The van der Waals surface area contributed by atoms with Gasteiger partial charge in [0.2, 0.25) is 0 Å². The minimum Gasteiger partial charge on any atom is -0.350 e. The van der Waals surface area contributed by atoms with Crippen molar-refractivity contribution in [3.8, 4) is 0 Å². The summed E-state index contributed by atoms with van der Waals surface area (Å²) in [6.45, 7) is 1.96. The molecule has 3 aromatic rings. The summed E-state index contributed by atoms with van der Waals surface area (Å²) in [5.74, 6) is -1.44. The Morgan fingerprint density at radius 2 is 1.45 bits per heavy atom. The van der Waals surface area contributed by atoms with Gasteiger partial charge in [-0.1, -0.05) is 41.4 Å². The van der Waals surface area contributed by atoms with E-state index in [0.717, 1.165) is 10.5 Å². The van der Waals surface area contributed by atoms with Crippen molar-refractivity contribution in [1.29, 1.82) is 0 Å². The summed E-state index contributed by atoms with van der Waals surface area (Å²) in [5.41, 5.74) is 3.01. The van der Waals surface area contributed by atoms with Gasteiger partial charge in [0.15, 0.2) is 0 Å². The number of carbonyl (C=O) groups excluding carboxylic acids is 2. The Balaban J connectivity index is 1.80. The minimum atomic E-state index is -0.507. The summed E-state index contributed by atoms with van der Waals surface area (Å²) < 4.78 is 13.3. The molecule has 29 heavy (non-hydrogen) atoms. The SMILES string of the molecule is Cc1ccc(NC2=C(c3ccc(Cl)cc3)C(=O)N(c3ccc(F)cc3)C2=O)cc1. The van der Waals surface area contributed by atoms with Crippen LogP contribution in [-0.4, -0.2) is 11.8 Å². The van der Waals surface area contributed by atoms with E-state index in [0.29, 0.717) is 22.0 Å². The Morgan fingerprint density at radius 3 is 2.07 bits per heavy atom. The van der Waals surface area contributed by atoms with Crippen LogP contribution in [0.2, 0.25) is 5.02 Å². The Morgan fingerprint density at radius 1 is 0.828 bits per heavy atom. The molecule has 0 fully saturated rings. The van der Waals surface area contributed by atoms with Gasteiger partial charge >= 0.3 is 0 Å². The number of carbonyl (C=O) groups is 2. The predicted molar refractivity (Wildman–Crippen MR) is 112 cm³/mol. The molecule has 144 valence electrons. The van der Waals surface area contributed by atoms with Gasteiger partial charge in [0.1, 0.15) is 11.5 Å². The number of nitrogens with one attached hydrogen (secondary N) is 1. The van der Waals surface area contributed by atoms with Gasteiger partial charge in [0.05, 0.1) is 11.3 Å². The zero-order valence-corrected chi connectivity index (χ0v) is 16.2. The minimum absolute atomic E-state index is 0.158. The monoisotopic (exact) mass is 406 g/mol. The van der Waals surface area contributed by atoms with Crippen molar-refractivity contribution in [1.82, 2.24) is 0 Å². The molecule has 0 aromatic heterocycles. The van der Waals surface area contributed by atoms with E-state index >= 15 is 0 Å². The summed E-state index contributed by atoms with van der Waals surface area (Å²) in [5, 5.41) is 3.61. The van der Waals surface area contributed by atoms with Crippen LogP contribution in [0.1, 0.15) is 11.1 Å². The van der Waals surface area contributed by atoms with Gasteiger partial charge in [0.25, 0.3) is 11.8 Å². The van der Waals surface area contributed by atoms with E-state index in [-0.39, 0.29) is 11.3 Å². The maximum atomic E-state index is 13.3. The molecule has 3 aromatic carbocycles. The topological polar surface area (TPSA) is 49.4 Å². The lowest BCUT2D eigenvalue weighted by atomic mass is 10.0. The number of hydrogen-bond acceptors (Lipinski definition) is 3. The molecular weight excluding hydrogens is 391 g/mol. The van der Waals surface area contributed by atoms with Crippen molar-refractivity contribution in [3.05, 3.63) is 100 Å². The van der Waals surface area contributed by atoms with Crippen LogP contribution in [0.15, 0.2) is 78.5 Å². The van der Waals surface area contributed by atoms with E-state index < -0.39 is 17.6 Å². The van der Waals surface area contributed by atoms with Gasteiger partial charge in [-0.3, -0.25) is 9.59 Å². The van der Waals surface area contributed by atoms with E-state index in [9.17, 15) is 14.0 Å². The standard InChI is InChI=1S/C23H16ClFN2O2/c1-14-2-10-18(11-3-14)26-21-20(15-4-6-16(24)7-5-15)22(28)27(23(21)29)19-12-8-17(25)9-13-19/h2-13,26H,1H3. The molecule has 4 nitrogen and oxygen atoms in total. The van der Waals surface area contributed by atoms with E-state index in [1.165, 1.54) is 24.3 Å². The lowest BCUT2D eigenvalue weighted by Crippen LogP contribution is -2.32. The Kier molecular flexibility index (Phi) is 4.91. The van der Waals surface area contributed by atoms with E-state index in [4.69, 9.17) is 11.6 Å². The van der Waals surface area contributed by atoms with Crippen molar-refractivity contribution in [2.75, 3.05) is 10.2 Å². The van der Waals surface area contributed by atoms with Crippen LogP contribution < -0.4 is 10.2 Å². The van der Waals surface area contributed by atoms with Crippen molar-refractivity contribution in [2.24, 2.45) is 0 Å². The Bertz CT molecular complexity index is 1120. The number of imide groups is 1. The van der Waals surface area contributed by atoms with Crippen LogP contribution in [0, 0.1) is 12.7 Å². The number of anilines is 2. The highest BCUT2D eigenvalue weighted by molar-refractivity contribution is 6.46. The third-order valence-electron chi connectivity index (χ3n) is 4.62. The first kappa shape index (κ1) is 18.9. The fourth-order valence-corrected chi connectivity index (χ4v) is 3.26. The van der Waals surface area contributed by atoms with Crippen LogP contribution in [0.25, 0.3) is 5.57 Å². The summed E-state index contributed by atoms with van der Waals surface area (Å²) in [6, 6.07) is 19.4. The number of nitrogens with zero attached hydrogens (tertiary/aromatic N) is 1. The van der Waals surface area contributed by atoms with Crippen LogP contribution >= 0.6 is 11.6 Å². The second-order valence-electron chi connectivity index (χ2n) is 6.67. The molecular formula is C23H16ClFN2O2. The normalized spacial score (nSPS) is 14.0. The lowest BCUT2D eigenvalue weighted by molar-refractivity contribution is -0.120. The van der Waals surface area contributed by atoms with Crippen LogP contribution in [0.5, 0.6) is 0 Å². The molecule has 0 radical (unpaired) electrons. The molecule has 0 bridgehead atoms. The highest BCUT2D eigenvalue weighted by atomic mass is 35.5.